The number of pyridine rings is 1. The van der Waals surface area contributed by atoms with Crippen molar-refractivity contribution in [2.75, 3.05) is 6.54 Å². The molecule has 17 heavy (non-hydrogen) atoms. The van der Waals surface area contributed by atoms with Crippen molar-refractivity contribution in [3.05, 3.63) is 28.5 Å². The van der Waals surface area contributed by atoms with Gasteiger partial charge >= 0.3 is 0 Å². The fourth-order valence-electron chi connectivity index (χ4n) is 1.36. The molecule has 1 saturated carbocycles. The number of hydrogen-bond donors (Lipinski definition) is 3. The Labute approximate surface area is 104 Å². The zero-order valence-corrected chi connectivity index (χ0v) is 9.97. The van der Waals surface area contributed by atoms with Crippen LogP contribution in [0.3, 0.4) is 0 Å². The molecule has 0 radical (unpaired) electrons. The maximum absolute atomic E-state index is 11.7. The summed E-state index contributed by atoms with van der Waals surface area (Å²) in [5.74, 6) is -0.496. The van der Waals surface area contributed by atoms with Gasteiger partial charge in [-0.05, 0) is 25.0 Å². The van der Waals surface area contributed by atoms with E-state index in [9.17, 15) is 9.59 Å². The Morgan fingerprint density at radius 2 is 2.24 bits per heavy atom. The van der Waals surface area contributed by atoms with E-state index in [1.54, 1.807) is 18.3 Å². The minimum atomic E-state index is -0.335. The highest BCUT2D eigenvalue weighted by molar-refractivity contribution is 7.71. The second-order valence-electron chi connectivity index (χ2n) is 3.94. The molecular formula is C11H13N3O2S. The molecule has 2 amide bonds. The lowest BCUT2D eigenvalue weighted by molar-refractivity contribution is -0.120. The van der Waals surface area contributed by atoms with E-state index >= 15 is 0 Å². The molecule has 1 aromatic heterocycles. The highest BCUT2D eigenvalue weighted by Crippen LogP contribution is 2.18. The summed E-state index contributed by atoms with van der Waals surface area (Å²) in [5.41, 5.74) is 0.377. The maximum Gasteiger partial charge on any atom is 0.254 e. The first-order chi connectivity index (χ1) is 8.16. The largest absolute Gasteiger partial charge is 0.352 e. The number of H-pyrrole nitrogens is 1. The van der Waals surface area contributed by atoms with Gasteiger partial charge < -0.3 is 15.6 Å². The van der Waals surface area contributed by atoms with E-state index in [1.807, 2.05) is 0 Å². The molecule has 0 saturated heterocycles. The molecule has 0 atom stereocenters. The molecule has 3 N–H and O–H groups in total. The average Bonchev–Trinajstić information content (AvgIpc) is 3.10. The zero-order valence-electron chi connectivity index (χ0n) is 9.16. The van der Waals surface area contributed by atoms with Crippen molar-refractivity contribution in [1.82, 2.24) is 15.6 Å². The van der Waals surface area contributed by atoms with E-state index in [0.29, 0.717) is 16.2 Å². The highest BCUT2D eigenvalue weighted by atomic mass is 32.1. The quantitative estimate of drug-likeness (QED) is 0.691. The maximum atomic E-state index is 11.7. The smallest absolute Gasteiger partial charge is 0.254 e. The number of aromatic nitrogens is 1. The SMILES string of the molecule is O=C(CNC(=O)c1ccc[nH]c1=S)NC1CC1. The molecule has 0 bridgehead atoms. The molecule has 0 spiro atoms. The summed E-state index contributed by atoms with van der Waals surface area (Å²) in [6.07, 6.45) is 3.71. The van der Waals surface area contributed by atoms with Crippen LogP contribution < -0.4 is 10.6 Å². The summed E-state index contributed by atoms with van der Waals surface area (Å²) in [5, 5.41) is 5.32. The molecule has 1 fully saturated rings. The monoisotopic (exact) mass is 251 g/mol. The van der Waals surface area contributed by atoms with Gasteiger partial charge in [0.2, 0.25) is 5.91 Å². The molecule has 90 valence electrons. The van der Waals surface area contributed by atoms with Gasteiger partial charge in [-0.2, -0.15) is 0 Å². The second kappa shape index (κ2) is 5.09. The summed E-state index contributed by atoms with van der Waals surface area (Å²) in [7, 11) is 0. The van der Waals surface area contributed by atoms with Crippen molar-refractivity contribution >= 4 is 24.0 Å². The molecule has 0 aliphatic heterocycles. The number of carbonyl (C=O) groups excluding carboxylic acids is 2. The van der Waals surface area contributed by atoms with Crippen LogP contribution in [0.5, 0.6) is 0 Å². The van der Waals surface area contributed by atoms with E-state index in [-0.39, 0.29) is 18.4 Å². The fourth-order valence-corrected chi connectivity index (χ4v) is 1.59. The van der Waals surface area contributed by atoms with Gasteiger partial charge in [0.25, 0.3) is 5.91 Å². The van der Waals surface area contributed by atoms with E-state index < -0.39 is 0 Å². The van der Waals surface area contributed by atoms with Crippen molar-refractivity contribution in [2.45, 2.75) is 18.9 Å². The highest BCUT2D eigenvalue weighted by Gasteiger charge is 2.23. The Hall–Kier alpha value is -1.69. The Bertz CT molecular complexity index is 493. The number of amides is 2. The lowest BCUT2D eigenvalue weighted by atomic mass is 10.2. The Kier molecular flexibility index (Phi) is 3.53. The van der Waals surface area contributed by atoms with Crippen LogP contribution in [-0.4, -0.2) is 29.4 Å². The van der Waals surface area contributed by atoms with Gasteiger partial charge in [-0.1, -0.05) is 12.2 Å². The molecule has 0 aromatic carbocycles. The summed E-state index contributed by atoms with van der Waals surface area (Å²) in [4.78, 5) is 25.8. The lowest BCUT2D eigenvalue weighted by Crippen LogP contribution is -2.37. The molecule has 5 nitrogen and oxygen atoms in total. The first-order valence-corrected chi connectivity index (χ1v) is 5.83. The number of rotatable bonds is 4. The van der Waals surface area contributed by atoms with Crippen molar-refractivity contribution in [1.29, 1.82) is 0 Å². The van der Waals surface area contributed by atoms with Crippen molar-refractivity contribution in [2.24, 2.45) is 0 Å². The van der Waals surface area contributed by atoms with Gasteiger partial charge in [0.1, 0.15) is 4.64 Å². The number of carbonyl (C=O) groups is 2. The standard InChI is InChI=1S/C11H13N3O2S/c15-9(14-7-3-4-7)6-13-10(16)8-2-1-5-12-11(8)17/h1-2,5,7H,3-4,6H2,(H,12,17)(H,13,16)(H,14,15). The Morgan fingerprint density at radius 3 is 2.88 bits per heavy atom. The molecule has 1 heterocycles. The van der Waals surface area contributed by atoms with Gasteiger partial charge in [0.05, 0.1) is 12.1 Å². The zero-order chi connectivity index (χ0) is 12.3. The van der Waals surface area contributed by atoms with Gasteiger partial charge in [-0.3, -0.25) is 9.59 Å². The van der Waals surface area contributed by atoms with Crippen LogP contribution in [0, 0.1) is 4.64 Å². The van der Waals surface area contributed by atoms with Gasteiger partial charge in [0.15, 0.2) is 0 Å². The van der Waals surface area contributed by atoms with Gasteiger partial charge in [-0.25, -0.2) is 0 Å². The fraction of sp³-hybridized carbons (Fsp3) is 0.364. The topological polar surface area (TPSA) is 74.0 Å². The van der Waals surface area contributed by atoms with Crippen LogP contribution in [0.15, 0.2) is 18.3 Å². The van der Waals surface area contributed by atoms with E-state index in [2.05, 4.69) is 15.6 Å². The first-order valence-electron chi connectivity index (χ1n) is 5.42. The van der Waals surface area contributed by atoms with E-state index in [4.69, 9.17) is 12.2 Å². The summed E-state index contributed by atoms with van der Waals surface area (Å²) < 4.78 is 0.368. The van der Waals surface area contributed by atoms with Crippen LogP contribution in [0.25, 0.3) is 0 Å². The minimum Gasteiger partial charge on any atom is -0.352 e. The molecule has 2 rings (SSSR count). The lowest BCUT2D eigenvalue weighted by Gasteiger charge is -2.05. The normalized spacial score (nSPS) is 14.1. The van der Waals surface area contributed by atoms with Crippen LogP contribution in [-0.2, 0) is 4.79 Å². The Morgan fingerprint density at radius 1 is 1.47 bits per heavy atom. The third-order valence-electron chi connectivity index (χ3n) is 2.41. The van der Waals surface area contributed by atoms with Gasteiger partial charge in [0, 0.05) is 12.2 Å². The van der Waals surface area contributed by atoms with Crippen molar-refractivity contribution < 1.29 is 9.59 Å². The summed E-state index contributed by atoms with van der Waals surface area (Å²) in [6, 6.07) is 3.61. The second-order valence-corrected chi connectivity index (χ2v) is 4.35. The molecule has 1 aromatic rings. The predicted octanol–water partition coefficient (Wildman–Crippen LogP) is 0.753. The summed E-state index contributed by atoms with van der Waals surface area (Å²) >= 11 is 4.97. The van der Waals surface area contributed by atoms with Crippen LogP contribution in [0.4, 0.5) is 0 Å². The van der Waals surface area contributed by atoms with E-state index in [1.165, 1.54) is 0 Å². The molecular weight excluding hydrogens is 238 g/mol. The van der Waals surface area contributed by atoms with Crippen molar-refractivity contribution in [3.63, 3.8) is 0 Å². The molecule has 0 unspecified atom stereocenters. The van der Waals surface area contributed by atoms with Crippen LogP contribution >= 0.6 is 12.2 Å². The van der Waals surface area contributed by atoms with Crippen molar-refractivity contribution in [3.8, 4) is 0 Å². The van der Waals surface area contributed by atoms with Crippen LogP contribution in [0.1, 0.15) is 23.2 Å². The molecule has 6 heteroatoms. The number of nitrogens with one attached hydrogen (secondary N) is 3. The first kappa shape index (κ1) is 11.8. The molecule has 1 aliphatic carbocycles. The average molecular weight is 251 g/mol. The van der Waals surface area contributed by atoms with E-state index in [0.717, 1.165) is 12.8 Å². The van der Waals surface area contributed by atoms with Gasteiger partial charge in [-0.15, -0.1) is 0 Å². The predicted molar refractivity (Wildman–Crippen MR) is 65.1 cm³/mol. The molecule has 1 aliphatic rings. The minimum absolute atomic E-state index is 0.0149. The number of hydrogen-bond acceptors (Lipinski definition) is 3. The third-order valence-corrected chi connectivity index (χ3v) is 2.75. The summed E-state index contributed by atoms with van der Waals surface area (Å²) in [6.45, 7) is -0.0149. The third kappa shape index (κ3) is 3.39. The number of aromatic amines is 1. The Balaban J connectivity index is 1.86. The van der Waals surface area contributed by atoms with Crippen LogP contribution in [0.2, 0.25) is 0 Å².